The lowest BCUT2D eigenvalue weighted by Crippen LogP contribution is -1.85. The van der Waals surface area contributed by atoms with E-state index in [1.165, 1.54) is 0 Å². The Balaban J connectivity index is 3.02. The highest BCUT2D eigenvalue weighted by molar-refractivity contribution is 5.80. The normalized spacial score (nSPS) is 16.4. The summed E-state index contributed by atoms with van der Waals surface area (Å²) in [6, 6.07) is 0. The number of allylic oxidation sites excluding steroid dienone is 7. The molecule has 0 aromatic rings. The Morgan fingerprint density at radius 1 is 1.45 bits per heavy atom. The summed E-state index contributed by atoms with van der Waals surface area (Å²) in [7, 11) is 0. The summed E-state index contributed by atoms with van der Waals surface area (Å²) in [6.45, 7) is 3.64. The molecule has 0 heterocycles. The van der Waals surface area contributed by atoms with Crippen LogP contribution in [0.15, 0.2) is 48.1 Å². The van der Waals surface area contributed by atoms with Gasteiger partial charge in [0.1, 0.15) is 6.29 Å². The largest absolute Gasteiger partial charge is 0.298 e. The maximum atomic E-state index is 10.5. The van der Waals surface area contributed by atoms with E-state index in [1.54, 1.807) is 12.2 Å². The van der Waals surface area contributed by atoms with Crippen LogP contribution in [0, 0.1) is 0 Å². The molecular formula is C10H10O. The highest BCUT2D eigenvalue weighted by Gasteiger charge is 1.98. The topological polar surface area (TPSA) is 17.1 Å². The van der Waals surface area contributed by atoms with Crippen molar-refractivity contribution in [2.24, 2.45) is 0 Å². The second-order valence-corrected chi connectivity index (χ2v) is 2.29. The van der Waals surface area contributed by atoms with Gasteiger partial charge in [-0.05, 0) is 12.0 Å². The van der Waals surface area contributed by atoms with Crippen molar-refractivity contribution < 1.29 is 4.79 Å². The van der Waals surface area contributed by atoms with Crippen LogP contribution in [0.5, 0.6) is 0 Å². The van der Waals surface area contributed by atoms with Gasteiger partial charge in [-0.2, -0.15) is 0 Å². The van der Waals surface area contributed by atoms with Gasteiger partial charge in [-0.15, -0.1) is 0 Å². The number of rotatable bonds is 2. The van der Waals surface area contributed by atoms with Gasteiger partial charge in [0.25, 0.3) is 0 Å². The Kier molecular flexibility index (Phi) is 2.61. The van der Waals surface area contributed by atoms with Gasteiger partial charge in [-0.25, -0.2) is 0 Å². The molecule has 0 bridgehead atoms. The van der Waals surface area contributed by atoms with Gasteiger partial charge in [-0.3, -0.25) is 4.79 Å². The molecule has 56 valence electrons. The predicted molar refractivity (Wildman–Crippen MR) is 46.2 cm³/mol. The summed E-state index contributed by atoms with van der Waals surface area (Å²) in [5, 5.41) is 0. The lowest BCUT2D eigenvalue weighted by atomic mass is 10.1. The molecule has 0 amide bonds. The van der Waals surface area contributed by atoms with E-state index in [4.69, 9.17) is 0 Å². The first kappa shape index (κ1) is 7.73. The van der Waals surface area contributed by atoms with E-state index in [-0.39, 0.29) is 0 Å². The molecule has 0 spiro atoms. The van der Waals surface area contributed by atoms with Crippen molar-refractivity contribution in [3.63, 3.8) is 0 Å². The van der Waals surface area contributed by atoms with E-state index in [0.29, 0.717) is 0 Å². The standard InChI is InChI=1S/C10H10O/c1-2-9-6-4-3-5-7-10(9)8-11/h2-5,7-8H,1,6H2. The van der Waals surface area contributed by atoms with E-state index in [0.717, 1.165) is 23.9 Å². The summed E-state index contributed by atoms with van der Waals surface area (Å²) in [5.74, 6) is 0. The average Bonchev–Trinajstić information content (AvgIpc) is 2.27. The molecule has 0 atom stereocenters. The molecule has 0 aromatic carbocycles. The zero-order chi connectivity index (χ0) is 8.10. The first-order valence-corrected chi connectivity index (χ1v) is 3.52. The maximum Gasteiger partial charge on any atom is 0.150 e. The lowest BCUT2D eigenvalue weighted by Gasteiger charge is -1.96. The lowest BCUT2D eigenvalue weighted by molar-refractivity contribution is -0.104. The molecule has 0 radical (unpaired) electrons. The summed E-state index contributed by atoms with van der Waals surface area (Å²) in [5.41, 5.74) is 1.72. The fourth-order valence-electron chi connectivity index (χ4n) is 0.974. The highest BCUT2D eigenvalue weighted by Crippen LogP contribution is 2.13. The van der Waals surface area contributed by atoms with Crippen molar-refractivity contribution in [2.75, 3.05) is 0 Å². The van der Waals surface area contributed by atoms with Crippen LogP contribution in [-0.2, 0) is 4.79 Å². The van der Waals surface area contributed by atoms with E-state index in [1.807, 2.05) is 18.2 Å². The van der Waals surface area contributed by atoms with Crippen LogP contribution in [0.4, 0.5) is 0 Å². The molecule has 0 saturated heterocycles. The SMILES string of the molecule is C=CC1=C(C=O)C=CC=CC1. The highest BCUT2D eigenvalue weighted by atomic mass is 16.1. The molecule has 0 aliphatic heterocycles. The summed E-state index contributed by atoms with van der Waals surface area (Å²) < 4.78 is 0. The molecule has 0 N–H and O–H groups in total. The van der Waals surface area contributed by atoms with Gasteiger partial charge >= 0.3 is 0 Å². The maximum absolute atomic E-state index is 10.5. The van der Waals surface area contributed by atoms with Crippen molar-refractivity contribution in [2.45, 2.75) is 6.42 Å². The zero-order valence-electron chi connectivity index (χ0n) is 6.29. The molecule has 1 nitrogen and oxygen atoms in total. The second kappa shape index (κ2) is 3.71. The Hall–Kier alpha value is -1.37. The molecule has 1 rings (SSSR count). The second-order valence-electron chi connectivity index (χ2n) is 2.29. The van der Waals surface area contributed by atoms with E-state index >= 15 is 0 Å². The van der Waals surface area contributed by atoms with Crippen LogP contribution in [0.25, 0.3) is 0 Å². The molecule has 0 unspecified atom stereocenters. The molecule has 1 aliphatic carbocycles. The number of hydrogen-bond acceptors (Lipinski definition) is 1. The van der Waals surface area contributed by atoms with Crippen molar-refractivity contribution in [1.82, 2.24) is 0 Å². The minimum Gasteiger partial charge on any atom is -0.298 e. The summed E-state index contributed by atoms with van der Waals surface area (Å²) in [4.78, 5) is 10.5. The molecule has 11 heavy (non-hydrogen) atoms. The smallest absolute Gasteiger partial charge is 0.150 e. The third-order valence-corrected chi connectivity index (χ3v) is 1.60. The first-order valence-electron chi connectivity index (χ1n) is 3.52. The van der Waals surface area contributed by atoms with Crippen molar-refractivity contribution in [3.05, 3.63) is 48.1 Å². The number of aldehydes is 1. The predicted octanol–water partition coefficient (Wildman–Crippen LogP) is 2.18. The number of carbonyl (C=O) groups is 1. The fourth-order valence-corrected chi connectivity index (χ4v) is 0.974. The Labute approximate surface area is 66.4 Å². The van der Waals surface area contributed by atoms with Gasteiger partial charge < -0.3 is 0 Å². The number of hydrogen-bond donors (Lipinski definition) is 0. The van der Waals surface area contributed by atoms with Crippen LogP contribution in [0.3, 0.4) is 0 Å². The van der Waals surface area contributed by atoms with Crippen LogP contribution in [0.2, 0.25) is 0 Å². The van der Waals surface area contributed by atoms with Crippen LogP contribution >= 0.6 is 0 Å². The summed E-state index contributed by atoms with van der Waals surface area (Å²) >= 11 is 0. The minimum atomic E-state index is 0.727. The molecular weight excluding hydrogens is 136 g/mol. The van der Waals surface area contributed by atoms with Crippen molar-refractivity contribution >= 4 is 6.29 Å². The third-order valence-electron chi connectivity index (χ3n) is 1.60. The molecule has 0 saturated carbocycles. The summed E-state index contributed by atoms with van der Waals surface area (Å²) in [6.07, 6.45) is 11.0. The van der Waals surface area contributed by atoms with Gasteiger partial charge in [0.05, 0.1) is 0 Å². The van der Waals surface area contributed by atoms with Gasteiger partial charge in [0, 0.05) is 5.57 Å². The molecule has 1 heteroatoms. The van der Waals surface area contributed by atoms with Crippen molar-refractivity contribution in [1.29, 1.82) is 0 Å². The van der Waals surface area contributed by atoms with Crippen LogP contribution < -0.4 is 0 Å². The average molecular weight is 146 g/mol. The third kappa shape index (κ3) is 1.77. The number of carbonyl (C=O) groups excluding carboxylic acids is 1. The Bertz CT molecular complexity index is 254. The van der Waals surface area contributed by atoms with E-state index < -0.39 is 0 Å². The molecule has 0 aromatic heterocycles. The quantitative estimate of drug-likeness (QED) is 0.546. The van der Waals surface area contributed by atoms with Crippen molar-refractivity contribution in [3.8, 4) is 0 Å². The monoisotopic (exact) mass is 146 g/mol. The molecule has 0 fully saturated rings. The van der Waals surface area contributed by atoms with Crippen LogP contribution in [-0.4, -0.2) is 6.29 Å². The zero-order valence-corrected chi connectivity index (χ0v) is 6.29. The Morgan fingerprint density at radius 2 is 2.27 bits per heavy atom. The minimum absolute atomic E-state index is 0.727. The van der Waals surface area contributed by atoms with Gasteiger partial charge in [-0.1, -0.05) is 37.0 Å². The fraction of sp³-hybridized carbons (Fsp3) is 0.100. The van der Waals surface area contributed by atoms with Gasteiger partial charge in [0.2, 0.25) is 0 Å². The van der Waals surface area contributed by atoms with E-state index in [2.05, 4.69) is 6.58 Å². The Morgan fingerprint density at radius 3 is 2.91 bits per heavy atom. The van der Waals surface area contributed by atoms with Crippen LogP contribution in [0.1, 0.15) is 6.42 Å². The van der Waals surface area contributed by atoms with E-state index in [9.17, 15) is 4.79 Å². The van der Waals surface area contributed by atoms with Gasteiger partial charge in [0.15, 0.2) is 0 Å². The molecule has 1 aliphatic rings. The first-order chi connectivity index (χ1) is 5.38.